The highest BCUT2D eigenvalue weighted by Crippen LogP contribution is 2.51. The SMILES string of the molecule is Cc1oc(-c2ccccc2)c2c1CCOC21CCCC1. The van der Waals surface area contributed by atoms with Gasteiger partial charge in [0.1, 0.15) is 11.5 Å². The highest BCUT2D eigenvalue weighted by molar-refractivity contribution is 5.66. The normalized spacial score (nSPS) is 20.2. The second-order valence-electron chi connectivity index (χ2n) is 6.01. The lowest BCUT2D eigenvalue weighted by atomic mass is 9.84. The van der Waals surface area contributed by atoms with Gasteiger partial charge in [0, 0.05) is 16.7 Å². The molecule has 1 aromatic carbocycles. The molecule has 0 radical (unpaired) electrons. The molecule has 2 aromatic rings. The third-order valence-corrected chi connectivity index (χ3v) is 4.84. The molecule has 2 aliphatic rings. The number of aryl methyl sites for hydroxylation is 1. The fourth-order valence-corrected chi connectivity index (χ4v) is 3.92. The van der Waals surface area contributed by atoms with Crippen molar-refractivity contribution in [1.29, 1.82) is 0 Å². The maximum atomic E-state index is 6.27. The third kappa shape index (κ3) is 1.68. The van der Waals surface area contributed by atoms with E-state index < -0.39 is 0 Å². The molecule has 1 aromatic heterocycles. The van der Waals surface area contributed by atoms with Crippen molar-refractivity contribution in [2.45, 2.75) is 44.6 Å². The van der Waals surface area contributed by atoms with Crippen molar-refractivity contribution in [3.8, 4) is 11.3 Å². The Labute approximate surface area is 119 Å². The molecule has 0 saturated heterocycles. The fraction of sp³-hybridized carbons (Fsp3) is 0.444. The van der Waals surface area contributed by atoms with Crippen LogP contribution in [0, 0.1) is 6.92 Å². The maximum absolute atomic E-state index is 6.27. The minimum absolute atomic E-state index is 0.0729. The Balaban J connectivity index is 1.94. The predicted molar refractivity (Wildman–Crippen MR) is 78.7 cm³/mol. The summed E-state index contributed by atoms with van der Waals surface area (Å²) in [5.74, 6) is 2.12. The molecule has 20 heavy (non-hydrogen) atoms. The first-order chi connectivity index (χ1) is 9.80. The van der Waals surface area contributed by atoms with Crippen molar-refractivity contribution in [3.05, 3.63) is 47.2 Å². The van der Waals surface area contributed by atoms with E-state index in [1.807, 2.05) is 6.07 Å². The van der Waals surface area contributed by atoms with Gasteiger partial charge in [-0.05, 0) is 26.2 Å². The van der Waals surface area contributed by atoms with Crippen LogP contribution in [-0.4, -0.2) is 6.61 Å². The molecule has 1 fully saturated rings. The summed E-state index contributed by atoms with van der Waals surface area (Å²) in [7, 11) is 0. The van der Waals surface area contributed by atoms with Gasteiger partial charge < -0.3 is 9.15 Å². The van der Waals surface area contributed by atoms with Crippen LogP contribution < -0.4 is 0 Å². The number of hydrogen-bond acceptors (Lipinski definition) is 2. The van der Waals surface area contributed by atoms with Crippen LogP contribution in [0.25, 0.3) is 11.3 Å². The molecule has 2 heteroatoms. The molecule has 2 nitrogen and oxygen atoms in total. The molecule has 0 N–H and O–H groups in total. The topological polar surface area (TPSA) is 22.4 Å². The van der Waals surface area contributed by atoms with E-state index >= 15 is 0 Å². The standard InChI is InChI=1S/C18H20O2/c1-13-15-9-12-19-18(10-5-6-11-18)16(15)17(20-13)14-7-3-2-4-8-14/h2-4,7-8H,5-6,9-12H2,1H3. The van der Waals surface area contributed by atoms with Gasteiger partial charge in [-0.2, -0.15) is 0 Å². The van der Waals surface area contributed by atoms with E-state index in [0.717, 1.165) is 37.4 Å². The van der Waals surface area contributed by atoms with Crippen LogP contribution in [0.2, 0.25) is 0 Å². The highest BCUT2D eigenvalue weighted by atomic mass is 16.5. The number of hydrogen-bond donors (Lipinski definition) is 0. The van der Waals surface area contributed by atoms with Gasteiger partial charge in [-0.25, -0.2) is 0 Å². The molecule has 2 heterocycles. The second-order valence-corrected chi connectivity index (χ2v) is 6.01. The van der Waals surface area contributed by atoms with Crippen LogP contribution >= 0.6 is 0 Å². The van der Waals surface area contributed by atoms with Gasteiger partial charge in [-0.1, -0.05) is 43.2 Å². The molecular weight excluding hydrogens is 248 g/mol. The van der Waals surface area contributed by atoms with Gasteiger partial charge in [-0.15, -0.1) is 0 Å². The summed E-state index contributed by atoms with van der Waals surface area (Å²) in [4.78, 5) is 0. The lowest BCUT2D eigenvalue weighted by Gasteiger charge is -2.34. The Hall–Kier alpha value is -1.54. The van der Waals surface area contributed by atoms with E-state index in [-0.39, 0.29) is 5.60 Å². The van der Waals surface area contributed by atoms with E-state index in [1.165, 1.54) is 29.5 Å². The van der Waals surface area contributed by atoms with Gasteiger partial charge in [0.05, 0.1) is 12.2 Å². The predicted octanol–water partition coefficient (Wildman–Crippen LogP) is 4.60. The van der Waals surface area contributed by atoms with Crippen molar-refractivity contribution in [2.75, 3.05) is 6.61 Å². The Kier molecular flexibility index (Phi) is 2.74. The van der Waals surface area contributed by atoms with Crippen LogP contribution in [0.5, 0.6) is 0 Å². The van der Waals surface area contributed by atoms with Gasteiger partial charge in [0.25, 0.3) is 0 Å². The average Bonchev–Trinajstić information content (AvgIpc) is 3.07. The summed E-state index contributed by atoms with van der Waals surface area (Å²) < 4.78 is 12.4. The molecule has 104 valence electrons. The molecule has 1 aliphatic carbocycles. The van der Waals surface area contributed by atoms with E-state index in [9.17, 15) is 0 Å². The average molecular weight is 268 g/mol. The number of rotatable bonds is 1. The summed E-state index contributed by atoms with van der Waals surface area (Å²) in [6.45, 7) is 2.93. The minimum atomic E-state index is -0.0729. The Morgan fingerprint density at radius 3 is 2.55 bits per heavy atom. The summed E-state index contributed by atoms with van der Waals surface area (Å²) in [6, 6.07) is 10.5. The number of furan rings is 1. The Morgan fingerprint density at radius 2 is 1.80 bits per heavy atom. The molecular formula is C18H20O2. The number of fused-ring (bicyclic) bond motifs is 2. The van der Waals surface area contributed by atoms with Crippen molar-refractivity contribution in [2.24, 2.45) is 0 Å². The van der Waals surface area contributed by atoms with Crippen molar-refractivity contribution < 1.29 is 9.15 Å². The molecule has 0 atom stereocenters. The first-order valence-corrected chi connectivity index (χ1v) is 7.62. The van der Waals surface area contributed by atoms with E-state index in [1.54, 1.807) is 0 Å². The summed E-state index contributed by atoms with van der Waals surface area (Å²) in [6.07, 6.45) is 5.78. The first kappa shape index (κ1) is 12.2. The highest BCUT2D eigenvalue weighted by Gasteiger charge is 2.44. The zero-order chi connectivity index (χ0) is 13.6. The molecule has 0 amide bonds. The Bertz CT molecular complexity index is 618. The van der Waals surface area contributed by atoms with E-state index in [4.69, 9.17) is 9.15 Å². The molecule has 1 saturated carbocycles. The van der Waals surface area contributed by atoms with Crippen LogP contribution in [0.1, 0.15) is 42.6 Å². The van der Waals surface area contributed by atoms with Gasteiger partial charge in [-0.3, -0.25) is 0 Å². The van der Waals surface area contributed by atoms with Crippen molar-refractivity contribution in [3.63, 3.8) is 0 Å². The molecule has 0 unspecified atom stereocenters. The van der Waals surface area contributed by atoms with Crippen molar-refractivity contribution >= 4 is 0 Å². The number of ether oxygens (including phenoxy) is 1. The first-order valence-electron chi connectivity index (χ1n) is 7.62. The van der Waals surface area contributed by atoms with Crippen LogP contribution in [0.4, 0.5) is 0 Å². The zero-order valence-corrected chi connectivity index (χ0v) is 11.9. The summed E-state index contributed by atoms with van der Waals surface area (Å²) in [5.41, 5.74) is 3.85. The van der Waals surface area contributed by atoms with Crippen LogP contribution in [-0.2, 0) is 16.8 Å². The smallest absolute Gasteiger partial charge is 0.140 e. The lowest BCUT2D eigenvalue weighted by Crippen LogP contribution is -2.32. The summed E-state index contributed by atoms with van der Waals surface area (Å²) in [5, 5.41) is 0. The van der Waals surface area contributed by atoms with Gasteiger partial charge >= 0.3 is 0 Å². The molecule has 1 aliphatic heterocycles. The Morgan fingerprint density at radius 1 is 1.05 bits per heavy atom. The molecule has 0 bridgehead atoms. The van der Waals surface area contributed by atoms with E-state index in [0.29, 0.717) is 0 Å². The largest absolute Gasteiger partial charge is 0.461 e. The lowest BCUT2D eigenvalue weighted by molar-refractivity contribution is -0.0546. The molecule has 4 rings (SSSR count). The van der Waals surface area contributed by atoms with Gasteiger partial charge in [0.15, 0.2) is 0 Å². The van der Waals surface area contributed by atoms with Crippen molar-refractivity contribution in [1.82, 2.24) is 0 Å². The quantitative estimate of drug-likeness (QED) is 0.754. The van der Waals surface area contributed by atoms with E-state index in [2.05, 4.69) is 31.2 Å². The monoisotopic (exact) mass is 268 g/mol. The number of benzene rings is 1. The minimum Gasteiger partial charge on any atom is -0.461 e. The van der Waals surface area contributed by atoms with Crippen LogP contribution in [0.15, 0.2) is 34.7 Å². The third-order valence-electron chi connectivity index (χ3n) is 4.84. The van der Waals surface area contributed by atoms with Crippen LogP contribution in [0.3, 0.4) is 0 Å². The van der Waals surface area contributed by atoms with Gasteiger partial charge in [0.2, 0.25) is 0 Å². The fourth-order valence-electron chi connectivity index (χ4n) is 3.92. The maximum Gasteiger partial charge on any atom is 0.140 e. The summed E-state index contributed by atoms with van der Waals surface area (Å²) >= 11 is 0. The zero-order valence-electron chi connectivity index (χ0n) is 11.9. The second kappa shape index (κ2) is 4.49. The molecule has 1 spiro atoms.